The van der Waals surface area contributed by atoms with E-state index in [0.29, 0.717) is 5.56 Å². The quantitative estimate of drug-likeness (QED) is 0.941. The smallest absolute Gasteiger partial charge is 0.411 e. The summed E-state index contributed by atoms with van der Waals surface area (Å²) in [5.74, 6) is -1.06. The molecule has 0 radical (unpaired) electrons. The van der Waals surface area contributed by atoms with Gasteiger partial charge < -0.3 is 9.84 Å². The molecule has 5 nitrogen and oxygen atoms in total. The highest BCUT2D eigenvalue weighted by Crippen LogP contribution is 2.42. The Kier molecular flexibility index (Phi) is 4.02. The van der Waals surface area contributed by atoms with Crippen LogP contribution in [0.15, 0.2) is 54.6 Å². The van der Waals surface area contributed by atoms with Crippen molar-refractivity contribution in [3.05, 3.63) is 71.3 Å². The van der Waals surface area contributed by atoms with Crippen LogP contribution in [0.2, 0.25) is 0 Å². The Bertz CT molecular complexity index is 729. The molecule has 2 unspecified atom stereocenters. The fourth-order valence-electron chi connectivity index (χ4n) is 2.97. The molecule has 2 atom stereocenters. The summed E-state index contributed by atoms with van der Waals surface area (Å²) in [5, 5.41) is 9.53. The highest BCUT2D eigenvalue weighted by Gasteiger charge is 2.43. The maximum Gasteiger partial charge on any atom is 0.411 e. The van der Waals surface area contributed by atoms with Gasteiger partial charge in [-0.15, -0.1) is 0 Å². The van der Waals surface area contributed by atoms with Gasteiger partial charge in [-0.2, -0.15) is 0 Å². The molecule has 5 heteroatoms. The van der Waals surface area contributed by atoms with E-state index in [-0.39, 0.29) is 12.6 Å². The third-order valence-corrected chi connectivity index (χ3v) is 4.09. The topological polar surface area (TPSA) is 66.8 Å². The zero-order chi connectivity index (χ0) is 16.4. The Labute approximate surface area is 134 Å². The van der Waals surface area contributed by atoms with Gasteiger partial charge in [0.05, 0.1) is 6.04 Å². The number of carboxylic acids is 1. The van der Waals surface area contributed by atoms with Crippen molar-refractivity contribution in [3.63, 3.8) is 0 Å². The van der Waals surface area contributed by atoms with Gasteiger partial charge in [-0.05, 0) is 23.6 Å². The van der Waals surface area contributed by atoms with Gasteiger partial charge in [0.15, 0.2) is 6.04 Å². The largest absolute Gasteiger partial charge is 0.479 e. The first-order valence-electron chi connectivity index (χ1n) is 7.40. The second-order valence-corrected chi connectivity index (χ2v) is 5.49. The van der Waals surface area contributed by atoms with Gasteiger partial charge in [-0.1, -0.05) is 54.6 Å². The number of rotatable bonds is 3. The van der Waals surface area contributed by atoms with Crippen molar-refractivity contribution >= 4 is 12.1 Å². The first-order valence-corrected chi connectivity index (χ1v) is 7.40. The summed E-state index contributed by atoms with van der Waals surface area (Å²) in [5.41, 5.74) is 2.35. The van der Waals surface area contributed by atoms with Crippen molar-refractivity contribution in [3.8, 4) is 0 Å². The van der Waals surface area contributed by atoms with Crippen LogP contribution in [0.4, 0.5) is 4.79 Å². The van der Waals surface area contributed by atoms with E-state index in [1.165, 1.54) is 4.90 Å². The van der Waals surface area contributed by atoms with E-state index in [0.717, 1.165) is 11.1 Å². The Morgan fingerprint density at radius 3 is 2.30 bits per heavy atom. The maximum absolute atomic E-state index is 12.5. The van der Waals surface area contributed by atoms with E-state index in [2.05, 4.69) is 0 Å². The lowest BCUT2D eigenvalue weighted by Crippen LogP contribution is -2.36. The second kappa shape index (κ2) is 6.12. The van der Waals surface area contributed by atoms with Crippen molar-refractivity contribution in [2.45, 2.75) is 25.6 Å². The predicted molar refractivity (Wildman–Crippen MR) is 83.7 cm³/mol. The normalized spacial score (nSPS) is 19.3. The van der Waals surface area contributed by atoms with Crippen LogP contribution in [-0.4, -0.2) is 22.1 Å². The molecule has 1 aliphatic heterocycles. The fraction of sp³-hybridized carbons (Fsp3) is 0.222. The number of benzene rings is 2. The summed E-state index contributed by atoms with van der Waals surface area (Å²) in [6.07, 6.45) is -0.620. The Morgan fingerprint density at radius 2 is 1.65 bits per heavy atom. The number of hydrogen-bond acceptors (Lipinski definition) is 3. The van der Waals surface area contributed by atoms with Gasteiger partial charge in [0.2, 0.25) is 0 Å². The van der Waals surface area contributed by atoms with E-state index < -0.39 is 18.1 Å². The number of nitrogens with zero attached hydrogens (tertiary/aromatic N) is 1. The second-order valence-electron chi connectivity index (χ2n) is 5.49. The summed E-state index contributed by atoms with van der Waals surface area (Å²) in [6.45, 7) is 1.93. The van der Waals surface area contributed by atoms with Crippen LogP contribution in [0.25, 0.3) is 0 Å². The lowest BCUT2D eigenvalue weighted by Gasteiger charge is -2.25. The van der Waals surface area contributed by atoms with Crippen LogP contribution in [0.1, 0.15) is 35.7 Å². The zero-order valence-electron chi connectivity index (χ0n) is 12.7. The van der Waals surface area contributed by atoms with Crippen molar-refractivity contribution in [1.82, 2.24) is 4.90 Å². The summed E-state index contributed by atoms with van der Waals surface area (Å²) in [7, 11) is 0. The van der Waals surface area contributed by atoms with Crippen molar-refractivity contribution < 1.29 is 19.4 Å². The molecule has 0 aromatic heterocycles. The number of ether oxygens (including phenoxy) is 1. The predicted octanol–water partition coefficient (Wildman–Crippen LogP) is 3.53. The standard InChI is InChI=1S/C18H17NO4/c1-12-14-9-5-6-10-15(14)16(17(20)21)19(12)18(22)23-11-13-7-3-2-4-8-13/h2-10,12,16H,11H2,1H3,(H,20,21). The molecule has 1 aliphatic rings. The maximum atomic E-state index is 12.5. The van der Waals surface area contributed by atoms with Crippen molar-refractivity contribution in [2.75, 3.05) is 0 Å². The van der Waals surface area contributed by atoms with Gasteiger partial charge in [-0.25, -0.2) is 9.59 Å². The molecule has 0 fully saturated rings. The molecular formula is C18H17NO4. The van der Waals surface area contributed by atoms with E-state index in [1.807, 2.05) is 49.4 Å². The number of hydrogen-bond donors (Lipinski definition) is 1. The van der Waals surface area contributed by atoms with Crippen LogP contribution in [0.3, 0.4) is 0 Å². The molecule has 0 saturated heterocycles. The monoisotopic (exact) mass is 311 g/mol. The van der Waals surface area contributed by atoms with E-state index in [4.69, 9.17) is 4.74 Å². The van der Waals surface area contributed by atoms with E-state index in [1.54, 1.807) is 12.1 Å². The molecule has 0 spiro atoms. The first kappa shape index (κ1) is 15.1. The average Bonchev–Trinajstić information content (AvgIpc) is 2.87. The van der Waals surface area contributed by atoms with Crippen LogP contribution < -0.4 is 0 Å². The van der Waals surface area contributed by atoms with Gasteiger partial charge in [0, 0.05) is 0 Å². The summed E-state index contributed by atoms with van der Waals surface area (Å²) >= 11 is 0. The number of aliphatic carboxylic acids is 1. The minimum Gasteiger partial charge on any atom is -0.479 e. The molecule has 118 valence electrons. The Balaban J connectivity index is 1.81. The molecular weight excluding hydrogens is 294 g/mol. The Morgan fingerprint density at radius 1 is 1.04 bits per heavy atom. The minimum atomic E-state index is -1.06. The zero-order valence-corrected chi connectivity index (χ0v) is 12.7. The minimum absolute atomic E-state index is 0.117. The van der Waals surface area contributed by atoms with Crippen LogP contribution >= 0.6 is 0 Å². The number of carboxylic acid groups (broad SMARTS) is 1. The van der Waals surface area contributed by atoms with Crippen molar-refractivity contribution in [1.29, 1.82) is 0 Å². The van der Waals surface area contributed by atoms with Crippen LogP contribution in [0, 0.1) is 0 Å². The molecule has 2 aromatic rings. The van der Waals surface area contributed by atoms with Crippen LogP contribution in [0.5, 0.6) is 0 Å². The molecule has 1 N–H and O–H groups in total. The molecule has 0 saturated carbocycles. The van der Waals surface area contributed by atoms with E-state index >= 15 is 0 Å². The third kappa shape index (κ3) is 2.77. The summed E-state index contributed by atoms with van der Waals surface area (Å²) in [6, 6.07) is 15.2. The molecule has 2 aromatic carbocycles. The lowest BCUT2D eigenvalue weighted by molar-refractivity contribution is -0.143. The van der Waals surface area contributed by atoms with Gasteiger partial charge in [0.25, 0.3) is 0 Å². The number of carbonyl (C=O) groups is 2. The SMILES string of the molecule is CC1c2ccccc2C(C(=O)O)N1C(=O)OCc1ccccc1. The number of amides is 1. The lowest BCUT2D eigenvalue weighted by atomic mass is 10.0. The van der Waals surface area contributed by atoms with Gasteiger partial charge >= 0.3 is 12.1 Å². The highest BCUT2D eigenvalue weighted by atomic mass is 16.6. The molecule has 0 bridgehead atoms. The summed E-state index contributed by atoms with van der Waals surface area (Å²) < 4.78 is 5.32. The number of fused-ring (bicyclic) bond motifs is 1. The fourth-order valence-corrected chi connectivity index (χ4v) is 2.97. The van der Waals surface area contributed by atoms with E-state index in [9.17, 15) is 14.7 Å². The molecule has 1 amide bonds. The summed E-state index contributed by atoms with van der Waals surface area (Å²) in [4.78, 5) is 25.4. The van der Waals surface area contributed by atoms with Gasteiger partial charge in [0.1, 0.15) is 6.61 Å². The van der Waals surface area contributed by atoms with Crippen LogP contribution in [-0.2, 0) is 16.1 Å². The molecule has 0 aliphatic carbocycles. The Hall–Kier alpha value is -2.82. The average molecular weight is 311 g/mol. The van der Waals surface area contributed by atoms with Crippen molar-refractivity contribution in [2.24, 2.45) is 0 Å². The number of carbonyl (C=O) groups excluding carboxylic acids is 1. The molecule has 23 heavy (non-hydrogen) atoms. The highest BCUT2D eigenvalue weighted by molar-refractivity contribution is 5.84. The molecule has 1 heterocycles. The first-order chi connectivity index (χ1) is 11.1. The molecule has 3 rings (SSSR count). The van der Waals surface area contributed by atoms with Gasteiger partial charge in [-0.3, -0.25) is 4.90 Å². The third-order valence-electron chi connectivity index (χ3n) is 4.09.